The summed E-state index contributed by atoms with van der Waals surface area (Å²) in [5, 5.41) is 5.47. The van der Waals surface area contributed by atoms with Gasteiger partial charge < -0.3 is 10.1 Å². The molecule has 0 saturated heterocycles. The minimum Gasteiger partial charge on any atom is -0.489 e. The predicted octanol–water partition coefficient (Wildman–Crippen LogP) is 6.87. The van der Waals surface area contributed by atoms with E-state index in [1.54, 1.807) is 6.07 Å². The molecule has 0 atom stereocenters. The second-order valence-electron chi connectivity index (χ2n) is 6.69. The van der Waals surface area contributed by atoms with Crippen LogP contribution >= 0.6 is 34.8 Å². The Morgan fingerprint density at radius 3 is 2.29 bits per heavy atom. The third-order valence-corrected chi connectivity index (χ3v) is 5.26. The van der Waals surface area contributed by atoms with E-state index in [9.17, 15) is 0 Å². The first kappa shape index (κ1) is 21.0. The van der Waals surface area contributed by atoms with E-state index in [0.717, 1.165) is 35.4 Å². The lowest BCUT2D eigenvalue weighted by atomic mass is 10.1. The molecule has 1 N–H and O–H groups in total. The highest BCUT2D eigenvalue weighted by Gasteiger charge is 2.07. The Bertz CT molecular complexity index is 926. The molecular formula is C23H22Cl3NO. The van der Waals surface area contributed by atoms with Crippen molar-refractivity contribution in [3.8, 4) is 5.75 Å². The highest BCUT2D eigenvalue weighted by atomic mass is 35.5. The minimum absolute atomic E-state index is 0.523. The summed E-state index contributed by atoms with van der Waals surface area (Å²) in [5.74, 6) is 0.835. The molecule has 3 rings (SSSR count). The topological polar surface area (TPSA) is 21.3 Å². The number of aryl methyl sites for hydroxylation is 1. The number of rotatable bonds is 8. The van der Waals surface area contributed by atoms with Gasteiger partial charge in [0.25, 0.3) is 0 Å². The Hall–Kier alpha value is -1.71. The molecule has 28 heavy (non-hydrogen) atoms. The van der Waals surface area contributed by atoms with E-state index < -0.39 is 0 Å². The van der Waals surface area contributed by atoms with E-state index in [4.69, 9.17) is 39.5 Å². The summed E-state index contributed by atoms with van der Waals surface area (Å²) in [4.78, 5) is 0. The second kappa shape index (κ2) is 10.2. The van der Waals surface area contributed by atoms with Crippen molar-refractivity contribution in [2.24, 2.45) is 0 Å². The van der Waals surface area contributed by atoms with Crippen LogP contribution in [0, 0.1) is 6.92 Å². The molecule has 0 spiro atoms. The van der Waals surface area contributed by atoms with Crippen LogP contribution in [0.25, 0.3) is 0 Å². The average Bonchev–Trinajstić information content (AvgIpc) is 2.67. The van der Waals surface area contributed by atoms with Gasteiger partial charge in [-0.15, -0.1) is 0 Å². The summed E-state index contributed by atoms with van der Waals surface area (Å²) >= 11 is 18.4. The molecular weight excluding hydrogens is 413 g/mol. The molecule has 0 bridgehead atoms. The summed E-state index contributed by atoms with van der Waals surface area (Å²) in [6.45, 7) is 4.04. The van der Waals surface area contributed by atoms with Crippen LogP contribution in [0.2, 0.25) is 15.1 Å². The maximum absolute atomic E-state index is 6.23. The molecule has 0 aliphatic rings. The number of hydrogen-bond acceptors (Lipinski definition) is 2. The van der Waals surface area contributed by atoms with Gasteiger partial charge in [-0.2, -0.15) is 0 Å². The molecule has 5 heteroatoms. The molecule has 0 saturated carbocycles. The molecule has 3 aromatic rings. The van der Waals surface area contributed by atoms with Crippen molar-refractivity contribution in [1.82, 2.24) is 5.32 Å². The number of ether oxygens (including phenoxy) is 1. The molecule has 0 fully saturated rings. The van der Waals surface area contributed by atoms with Crippen LogP contribution < -0.4 is 10.1 Å². The van der Waals surface area contributed by atoms with Gasteiger partial charge in [0, 0.05) is 27.2 Å². The van der Waals surface area contributed by atoms with Gasteiger partial charge in [0.1, 0.15) is 12.4 Å². The summed E-state index contributed by atoms with van der Waals surface area (Å²) in [7, 11) is 0. The van der Waals surface area contributed by atoms with Crippen LogP contribution in [0.1, 0.15) is 22.3 Å². The minimum atomic E-state index is 0.523. The SMILES string of the molecule is Cc1ccc(COc2ccc(Cl)cc2CNCCc2ccc(Cl)cc2Cl)cc1. The fourth-order valence-corrected chi connectivity index (χ4v) is 3.54. The van der Waals surface area contributed by atoms with Gasteiger partial charge in [-0.1, -0.05) is 70.7 Å². The van der Waals surface area contributed by atoms with E-state index >= 15 is 0 Å². The van der Waals surface area contributed by atoms with Crippen molar-refractivity contribution in [2.75, 3.05) is 6.54 Å². The van der Waals surface area contributed by atoms with E-state index in [1.807, 2.05) is 30.3 Å². The van der Waals surface area contributed by atoms with Crippen molar-refractivity contribution in [3.63, 3.8) is 0 Å². The Morgan fingerprint density at radius 2 is 1.54 bits per heavy atom. The van der Waals surface area contributed by atoms with Gasteiger partial charge >= 0.3 is 0 Å². The highest BCUT2D eigenvalue weighted by Crippen LogP contribution is 2.24. The van der Waals surface area contributed by atoms with Crippen molar-refractivity contribution in [1.29, 1.82) is 0 Å². The summed E-state index contributed by atoms with van der Waals surface area (Å²) in [6.07, 6.45) is 0.816. The normalized spacial score (nSPS) is 10.9. The first-order chi connectivity index (χ1) is 13.5. The zero-order valence-corrected chi connectivity index (χ0v) is 17.9. The van der Waals surface area contributed by atoms with Gasteiger partial charge in [0.2, 0.25) is 0 Å². The maximum atomic E-state index is 6.23. The molecule has 0 aliphatic heterocycles. The third-order valence-electron chi connectivity index (χ3n) is 4.44. The smallest absolute Gasteiger partial charge is 0.124 e. The van der Waals surface area contributed by atoms with Crippen molar-refractivity contribution < 1.29 is 4.74 Å². The monoisotopic (exact) mass is 433 g/mol. The number of halogens is 3. The van der Waals surface area contributed by atoms with Crippen LogP contribution in [0.4, 0.5) is 0 Å². The van der Waals surface area contributed by atoms with Crippen LogP contribution in [0.5, 0.6) is 5.75 Å². The quantitative estimate of drug-likeness (QED) is 0.391. The van der Waals surface area contributed by atoms with Crippen molar-refractivity contribution >= 4 is 34.8 Å². The first-order valence-corrected chi connectivity index (χ1v) is 10.3. The van der Waals surface area contributed by atoms with Crippen LogP contribution in [0.15, 0.2) is 60.7 Å². The lowest BCUT2D eigenvalue weighted by molar-refractivity contribution is 0.302. The Balaban J connectivity index is 1.56. The molecule has 146 valence electrons. The van der Waals surface area contributed by atoms with Crippen molar-refractivity contribution in [2.45, 2.75) is 26.5 Å². The summed E-state index contributed by atoms with van der Waals surface area (Å²) < 4.78 is 6.03. The third kappa shape index (κ3) is 6.15. The maximum Gasteiger partial charge on any atom is 0.124 e. The number of nitrogens with one attached hydrogen (secondary N) is 1. The zero-order valence-electron chi connectivity index (χ0n) is 15.6. The molecule has 0 heterocycles. The highest BCUT2D eigenvalue weighted by molar-refractivity contribution is 6.35. The number of hydrogen-bond donors (Lipinski definition) is 1. The average molecular weight is 435 g/mol. The second-order valence-corrected chi connectivity index (χ2v) is 7.97. The van der Waals surface area contributed by atoms with Crippen LogP contribution in [-0.2, 0) is 19.6 Å². The Labute approximate surface area is 181 Å². The van der Waals surface area contributed by atoms with Gasteiger partial charge in [-0.3, -0.25) is 0 Å². The molecule has 0 unspecified atom stereocenters. The van der Waals surface area contributed by atoms with E-state index in [-0.39, 0.29) is 0 Å². The molecule has 0 amide bonds. The largest absolute Gasteiger partial charge is 0.489 e. The fourth-order valence-electron chi connectivity index (χ4n) is 2.84. The number of benzene rings is 3. The van der Waals surface area contributed by atoms with E-state index in [2.05, 4.69) is 36.5 Å². The Morgan fingerprint density at radius 1 is 0.821 bits per heavy atom. The summed E-state index contributed by atoms with van der Waals surface area (Å²) in [5.41, 5.74) is 4.47. The van der Waals surface area contributed by atoms with Gasteiger partial charge in [-0.05, 0) is 61.3 Å². The summed E-state index contributed by atoms with van der Waals surface area (Å²) in [6, 6.07) is 19.6. The molecule has 0 aliphatic carbocycles. The molecule has 2 nitrogen and oxygen atoms in total. The molecule has 3 aromatic carbocycles. The van der Waals surface area contributed by atoms with Gasteiger partial charge in [-0.25, -0.2) is 0 Å². The van der Waals surface area contributed by atoms with E-state index in [0.29, 0.717) is 28.2 Å². The Kier molecular flexibility index (Phi) is 7.64. The van der Waals surface area contributed by atoms with Crippen LogP contribution in [-0.4, -0.2) is 6.54 Å². The fraction of sp³-hybridized carbons (Fsp3) is 0.217. The lowest BCUT2D eigenvalue weighted by Crippen LogP contribution is -2.17. The van der Waals surface area contributed by atoms with Gasteiger partial charge in [0.05, 0.1) is 0 Å². The standard InChI is InChI=1S/C23H22Cl3NO/c1-16-2-4-17(5-3-16)15-28-23-9-8-20(24)12-19(23)14-27-11-10-18-6-7-21(25)13-22(18)26/h2-9,12-13,27H,10-11,14-15H2,1H3. The molecule has 0 aromatic heterocycles. The van der Waals surface area contributed by atoms with Gasteiger partial charge in [0.15, 0.2) is 0 Å². The molecule has 0 radical (unpaired) electrons. The van der Waals surface area contributed by atoms with E-state index in [1.165, 1.54) is 5.56 Å². The van der Waals surface area contributed by atoms with Crippen molar-refractivity contribution in [3.05, 3.63) is 98.0 Å². The predicted molar refractivity (Wildman–Crippen MR) is 119 cm³/mol. The lowest BCUT2D eigenvalue weighted by Gasteiger charge is -2.13. The first-order valence-electron chi connectivity index (χ1n) is 9.12. The zero-order chi connectivity index (χ0) is 19.9. The van der Waals surface area contributed by atoms with Crippen LogP contribution in [0.3, 0.4) is 0 Å².